The molecule has 0 heterocycles. The van der Waals surface area contributed by atoms with Gasteiger partial charge in [-0.25, -0.2) is 4.79 Å². The highest BCUT2D eigenvalue weighted by molar-refractivity contribution is 5.92. The fraction of sp³-hybridized carbons (Fsp3) is 0.333. The van der Waals surface area contributed by atoms with Crippen LogP contribution in [-0.2, 0) is 9.53 Å². The SMILES string of the molecule is CC(C)OC(=O)COc1ccc(C(N)=O)cc1. The van der Waals surface area contributed by atoms with E-state index in [-0.39, 0.29) is 12.7 Å². The molecule has 0 bridgehead atoms. The van der Waals surface area contributed by atoms with Crippen LogP contribution in [0.1, 0.15) is 24.2 Å². The van der Waals surface area contributed by atoms with Crippen LogP contribution in [0.15, 0.2) is 24.3 Å². The third kappa shape index (κ3) is 4.55. The van der Waals surface area contributed by atoms with E-state index < -0.39 is 11.9 Å². The molecule has 0 aliphatic carbocycles. The highest BCUT2D eigenvalue weighted by atomic mass is 16.6. The van der Waals surface area contributed by atoms with E-state index in [2.05, 4.69) is 0 Å². The summed E-state index contributed by atoms with van der Waals surface area (Å²) in [6.45, 7) is 3.37. The van der Waals surface area contributed by atoms with Crippen molar-refractivity contribution in [2.24, 2.45) is 5.73 Å². The first-order valence-corrected chi connectivity index (χ1v) is 5.21. The van der Waals surface area contributed by atoms with Crippen molar-refractivity contribution in [2.75, 3.05) is 6.61 Å². The Kier molecular flexibility index (Phi) is 4.51. The van der Waals surface area contributed by atoms with Crippen LogP contribution in [0.25, 0.3) is 0 Å². The molecule has 0 saturated carbocycles. The van der Waals surface area contributed by atoms with Gasteiger partial charge >= 0.3 is 5.97 Å². The number of esters is 1. The van der Waals surface area contributed by atoms with Gasteiger partial charge in [-0.15, -0.1) is 0 Å². The van der Waals surface area contributed by atoms with Gasteiger partial charge in [0.2, 0.25) is 5.91 Å². The molecule has 0 fully saturated rings. The molecule has 0 unspecified atom stereocenters. The smallest absolute Gasteiger partial charge is 0.344 e. The molecule has 0 aliphatic rings. The minimum absolute atomic E-state index is 0.159. The standard InChI is InChI=1S/C12H15NO4/c1-8(2)17-11(14)7-16-10-5-3-9(4-6-10)12(13)15/h3-6,8H,7H2,1-2H3,(H2,13,15). The van der Waals surface area contributed by atoms with E-state index in [1.54, 1.807) is 26.0 Å². The Labute approximate surface area is 99.5 Å². The van der Waals surface area contributed by atoms with Gasteiger partial charge in [0.25, 0.3) is 0 Å². The summed E-state index contributed by atoms with van der Waals surface area (Å²) in [4.78, 5) is 22.0. The zero-order valence-electron chi connectivity index (χ0n) is 9.80. The lowest BCUT2D eigenvalue weighted by molar-refractivity contribution is -0.149. The zero-order valence-corrected chi connectivity index (χ0v) is 9.80. The third-order valence-corrected chi connectivity index (χ3v) is 1.86. The maximum absolute atomic E-state index is 11.2. The van der Waals surface area contributed by atoms with Gasteiger partial charge in [0.15, 0.2) is 6.61 Å². The van der Waals surface area contributed by atoms with Crippen LogP contribution < -0.4 is 10.5 Å². The molecule has 17 heavy (non-hydrogen) atoms. The normalized spacial score (nSPS) is 10.1. The highest BCUT2D eigenvalue weighted by Crippen LogP contribution is 2.11. The predicted octanol–water partition coefficient (Wildman–Crippen LogP) is 1.12. The molecule has 1 amide bonds. The van der Waals surface area contributed by atoms with Crippen LogP contribution in [0.2, 0.25) is 0 Å². The monoisotopic (exact) mass is 237 g/mol. The number of amides is 1. The van der Waals surface area contributed by atoms with Gasteiger partial charge in [-0.2, -0.15) is 0 Å². The van der Waals surface area contributed by atoms with E-state index in [4.69, 9.17) is 15.2 Å². The first-order chi connectivity index (χ1) is 7.99. The van der Waals surface area contributed by atoms with Gasteiger partial charge in [-0.05, 0) is 38.1 Å². The molecule has 0 radical (unpaired) electrons. The van der Waals surface area contributed by atoms with Crippen LogP contribution >= 0.6 is 0 Å². The topological polar surface area (TPSA) is 78.6 Å². The largest absolute Gasteiger partial charge is 0.482 e. The van der Waals surface area contributed by atoms with Crippen molar-refractivity contribution in [3.8, 4) is 5.75 Å². The Hall–Kier alpha value is -2.04. The van der Waals surface area contributed by atoms with Gasteiger partial charge in [-0.1, -0.05) is 0 Å². The number of benzene rings is 1. The number of hydrogen-bond acceptors (Lipinski definition) is 4. The number of primary amides is 1. The van der Waals surface area contributed by atoms with Gasteiger partial charge in [0.1, 0.15) is 5.75 Å². The molecule has 0 spiro atoms. The van der Waals surface area contributed by atoms with Crippen molar-refractivity contribution in [3.05, 3.63) is 29.8 Å². The summed E-state index contributed by atoms with van der Waals surface area (Å²) in [7, 11) is 0. The van der Waals surface area contributed by atoms with Crippen LogP contribution in [0.3, 0.4) is 0 Å². The number of ether oxygens (including phenoxy) is 2. The van der Waals surface area contributed by atoms with Gasteiger partial charge < -0.3 is 15.2 Å². The fourth-order valence-electron chi connectivity index (χ4n) is 1.15. The first-order valence-electron chi connectivity index (χ1n) is 5.21. The second-order valence-corrected chi connectivity index (χ2v) is 3.72. The number of rotatable bonds is 5. The fourth-order valence-corrected chi connectivity index (χ4v) is 1.15. The van der Waals surface area contributed by atoms with E-state index in [1.165, 1.54) is 12.1 Å². The lowest BCUT2D eigenvalue weighted by Gasteiger charge is -2.09. The summed E-state index contributed by atoms with van der Waals surface area (Å²) >= 11 is 0. The van der Waals surface area contributed by atoms with Crippen LogP contribution in [-0.4, -0.2) is 24.6 Å². The van der Waals surface area contributed by atoms with Crippen LogP contribution in [0, 0.1) is 0 Å². The van der Waals surface area contributed by atoms with Crippen molar-refractivity contribution in [1.82, 2.24) is 0 Å². The molecule has 0 aliphatic heterocycles. The van der Waals surface area contributed by atoms with Crippen molar-refractivity contribution >= 4 is 11.9 Å². The van der Waals surface area contributed by atoms with E-state index in [0.717, 1.165) is 0 Å². The van der Waals surface area contributed by atoms with Gasteiger partial charge in [0, 0.05) is 5.56 Å². The molecule has 0 atom stereocenters. The average molecular weight is 237 g/mol. The summed E-state index contributed by atoms with van der Waals surface area (Å²) < 4.78 is 10.1. The van der Waals surface area contributed by atoms with Gasteiger partial charge in [0.05, 0.1) is 6.10 Å². The minimum atomic E-state index is -0.504. The molecule has 0 saturated heterocycles. The lowest BCUT2D eigenvalue weighted by atomic mass is 10.2. The molecule has 92 valence electrons. The number of hydrogen-bond donors (Lipinski definition) is 1. The summed E-state index contributed by atoms with van der Waals surface area (Å²) in [6, 6.07) is 6.21. The molecular formula is C12H15NO4. The van der Waals surface area contributed by atoms with E-state index >= 15 is 0 Å². The third-order valence-electron chi connectivity index (χ3n) is 1.86. The predicted molar refractivity (Wildman–Crippen MR) is 61.7 cm³/mol. The van der Waals surface area contributed by atoms with Crippen LogP contribution in [0.5, 0.6) is 5.75 Å². The van der Waals surface area contributed by atoms with Crippen LogP contribution in [0.4, 0.5) is 0 Å². The quantitative estimate of drug-likeness (QED) is 0.778. The molecule has 1 aromatic rings. The number of carbonyl (C=O) groups is 2. The molecule has 0 aromatic heterocycles. The van der Waals surface area contributed by atoms with E-state index in [9.17, 15) is 9.59 Å². The summed E-state index contributed by atoms with van der Waals surface area (Å²) in [6.07, 6.45) is -0.164. The van der Waals surface area contributed by atoms with Gasteiger partial charge in [-0.3, -0.25) is 4.79 Å². The minimum Gasteiger partial charge on any atom is -0.482 e. The Bertz CT molecular complexity index is 397. The molecule has 1 aromatic carbocycles. The second kappa shape index (κ2) is 5.89. The zero-order chi connectivity index (χ0) is 12.8. The number of carbonyl (C=O) groups excluding carboxylic acids is 2. The molecular weight excluding hydrogens is 222 g/mol. The average Bonchev–Trinajstić information content (AvgIpc) is 2.26. The van der Waals surface area contributed by atoms with Crippen molar-refractivity contribution in [3.63, 3.8) is 0 Å². The molecule has 2 N–H and O–H groups in total. The second-order valence-electron chi connectivity index (χ2n) is 3.72. The Morgan fingerprint density at radius 1 is 1.24 bits per heavy atom. The lowest BCUT2D eigenvalue weighted by Crippen LogP contribution is -2.18. The maximum atomic E-state index is 11.2. The Balaban J connectivity index is 2.47. The van der Waals surface area contributed by atoms with Crippen molar-refractivity contribution < 1.29 is 19.1 Å². The summed E-state index contributed by atoms with van der Waals surface area (Å²) in [5.41, 5.74) is 5.48. The Morgan fingerprint density at radius 2 is 1.82 bits per heavy atom. The van der Waals surface area contributed by atoms with E-state index in [0.29, 0.717) is 11.3 Å². The summed E-state index contributed by atoms with van der Waals surface area (Å²) in [5.74, 6) is -0.453. The molecule has 5 heteroatoms. The van der Waals surface area contributed by atoms with Crippen molar-refractivity contribution in [1.29, 1.82) is 0 Å². The number of nitrogens with two attached hydrogens (primary N) is 1. The Morgan fingerprint density at radius 3 is 2.29 bits per heavy atom. The first kappa shape index (κ1) is 13.0. The highest BCUT2D eigenvalue weighted by Gasteiger charge is 2.06. The summed E-state index contributed by atoms with van der Waals surface area (Å²) in [5, 5.41) is 0. The molecule has 1 rings (SSSR count). The van der Waals surface area contributed by atoms with Crippen molar-refractivity contribution in [2.45, 2.75) is 20.0 Å². The molecule has 5 nitrogen and oxygen atoms in total. The van der Waals surface area contributed by atoms with E-state index in [1.807, 2.05) is 0 Å². The maximum Gasteiger partial charge on any atom is 0.344 e.